The Hall–Kier alpha value is -1.24. The van der Waals surface area contributed by atoms with Crippen LogP contribution >= 0.6 is 0 Å². The van der Waals surface area contributed by atoms with Gasteiger partial charge in [0.15, 0.2) is 0 Å². The quantitative estimate of drug-likeness (QED) is 0.620. The molecule has 0 atom stereocenters. The molecule has 6 heteroatoms. The summed E-state index contributed by atoms with van der Waals surface area (Å²) in [4.78, 5) is 0.00144. The standard InChI is InChI=1S/C14H20FNO3S/c1-4-5-6-7-16(3)20(18,19)13-8-11(2)14(15)12(9-13)10-17/h4,8-9,17H,1,5-7,10H2,2-3H3. The van der Waals surface area contributed by atoms with Crippen LogP contribution in [-0.4, -0.2) is 31.4 Å². The van der Waals surface area contributed by atoms with E-state index in [1.165, 1.54) is 30.4 Å². The third-order valence-corrected chi connectivity index (χ3v) is 4.90. The highest BCUT2D eigenvalue weighted by atomic mass is 32.2. The Kier molecular flexibility index (Phi) is 5.86. The molecule has 112 valence electrons. The fraction of sp³-hybridized carbons (Fsp3) is 0.429. The minimum absolute atomic E-state index is 0.00144. The lowest BCUT2D eigenvalue weighted by atomic mass is 10.1. The van der Waals surface area contributed by atoms with Crippen molar-refractivity contribution in [2.24, 2.45) is 0 Å². The molecule has 1 aromatic rings. The highest BCUT2D eigenvalue weighted by Crippen LogP contribution is 2.22. The number of allylic oxidation sites excluding steroid dienone is 1. The van der Waals surface area contributed by atoms with E-state index in [0.29, 0.717) is 13.0 Å². The van der Waals surface area contributed by atoms with Gasteiger partial charge in [-0.25, -0.2) is 17.1 Å². The molecule has 0 unspecified atom stereocenters. The largest absolute Gasteiger partial charge is 0.392 e. The first-order valence-corrected chi connectivity index (χ1v) is 7.75. The third kappa shape index (κ3) is 3.65. The second-order valence-electron chi connectivity index (χ2n) is 4.63. The zero-order chi connectivity index (χ0) is 15.3. The summed E-state index contributed by atoms with van der Waals surface area (Å²) in [6.45, 7) is 4.89. The molecule has 1 rings (SSSR count). The summed E-state index contributed by atoms with van der Waals surface area (Å²) in [6, 6.07) is 2.47. The van der Waals surface area contributed by atoms with Crippen molar-refractivity contribution in [1.82, 2.24) is 4.31 Å². The summed E-state index contributed by atoms with van der Waals surface area (Å²) < 4.78 is 39.6. The van der Waals surface area contributed by atoms with Gasteiger partial charge in [-0.05, 0) is 37.5 Å². The lowest BCUT2D eigenvalue weighted by Crippen LogP contribution is -2.28. The lowest BCUT2D eigenvalue weighted by molar-refractivity contribution is 0.275. The number of aliphatic hydroxyl groups excluding tert-OH is 1. The van der Waals surface area contributed by atoms with E-state index in [-0.39, 0.29) is 16.0 Å². The number of rotatable bonds is 7. The number of unbranched alkanes of at least 4 members (excludes halogenated alkanes) is 1. The molecule has 0 heterocycles. The Labute approximate surface area is 119 Å². The highest BCUT2D eigenvalue weighted by molar-refractivity contribution is 7.89. The number of nitrogens with zero attached hydrogens (tertiary/aromatic N) is 1. The Morgan fingerprint density at radius 2 is 2.10 bits per heavy atom. The summed E-state index contributed by atoms with van der Waals surface area (Å²) >= 11 is 0. The van der Waals surface area contributed by atoms with Gasteiger partial charge >= 0.3 is 0 Å². The van der Waals surface area contributed by atoms with Crippen LogP contribution < -0.4 is 0 Å². The predicted octanol–water partition coefficient (Wildman–Crippen LogP) is 2.21. The fourth-order valence-corrected chi connectivity index (χ4v) is 3.18. The first-order chi connectivity index (χ1) is 9.34. The van der Waals surface area contributed by atoms with Crippen LogP contribution in [0.25, 0.3) is 0 Å². The van der Waals surface area contributed by atoms with Gasteiger partial charge < -0.3 is 5.11 Å². The first kappa shape index (κ1) is 16.8. The Morgan fingerprint density at radius 3 is 2.65 bits per heavy atom. The fourth-order valence-electron chi connectivity index (χ4n) is 1.83. The van der Waals surface area contributed by atoms with Gasteiger partial charge in [-0.1, -0.05) is 6.08 Å². The van der Waals surface area contributed by atoms with Crippen molar-refractivity contribution in [3.05, 3.63) is 41.7 Å². The van der Waals surface area contributed by atoms with Crippen molar-refractivity contribution in [3.8, 4) is 0 Å². The van der Waals surface area contributed by atoms with E-state index in [4.69, 9.17) is 5.11 Å². The molecule has 0 aliphatic carbocycles. The van der Waals surface area contributed by atoms with E-state index in [0.717, 1.165) is 6.42 Å². The maximum atomic E-state index is 13.6. The maximum Gasteiger partial charge on any atom is 0.242 e. The molecule has 0 amide bonds. The van der Waals surface area contributed by atoms with Crippen molar-refractivity contribution in [3.63, 3.8) is 0 Å². The van der Waals surface area contributed by atoms with Crippen LogP contribution in [-0.2, 0) is 16.6 Å². The maximum absolute atomic E-state index is 13.6. The minimum atomic E-state index is -3.67. The van der Waals surface area contributed by atoms with Gasteiger partial charge in [-0.3, -0.25) is 0 Å². The highest BCUT2D eigenvalue weighted by Gasteiger charge is 2.22. The lowest BCUT2D eigenvalue weighted by Gasteiger charge is -2.18. The molecule has 20 heavy (non-hydrogen) atoms. The Morgan fingerprint density at radius 1 is 1.45 bits per heavy atom. The predicted molar refractivity (Wildman–Crippen MR) is 76.3 cm³/mol. The van der Waals surface area contributed by atoms with Crippen LogP contribution in [0.4, 0.5) is 4.39 Å². The summed E-state index contributed by atoms with van der Waals surface area (Å²) in [6.07, 6.45) is 3.13. The normalized spacial score (nSPS) is 11.8. The van der Waals surface area contributed by atoms with Crippen molar-refractivity contribution >= 4 is 10.0 Å². The number of hydrogen-bond acceptors (Lipinski definition) is 3. The third-order valence-electron chi connectivity index (χ3n) is 3.06. The molecule has 0 spiro atoms. The number of aryl methyl sites for hydroxylation is 1. The molecule has 1 aromatic carbocycles. The zero-order valence-electron chi connectivity index (χ0n) is 11.8. The van der Waals surface area contributed by atoms with Gasteiger partial charge in [0, 0.05) is 19.2 Å². The Balaban J connectivity index is 3.09. The number of aliphatic hydroxyl groups is 1. The second-order valence-corrected chi connectivity index (χ2v) is 6.67. The Bertz CT molecular complexity index is 584. The SMILES string of the molecule is C=CCCCN(C)S(=O)(=O)c1cc(C)c(F)c(CO)c1. The molecule has 0 saturated carbocycles. The van der Waals surface area contributed by atoms with Crippen molar-refractivity contribution in [1.29, 1.82) is 0 Å². The molecular weight excluding hydrogens is 281 g/mol. The van der Waals surface area contributed by atoms with E-state index in [1.54, 1.807) is 6.08 Å². The summed E-state index contributed by atoms with van der Waals surface area (Å²) in [7, 11) is -2.19. The van der Waals surface area contributed by atoms with Gasteiger partial charge in [0.25, 0.3) is 0 Å². The second kappa shape index (κ2) is 6.97. The monoisotopic (exact) mass is 301 g/mol. The number of sulfonamides is 1. The van der Waals surface area contributed by atoms with Crippen molar-refractivity contribution < 1.29 is 17.9 Å². The molecule has 0 aliphatic heterocycles. The average molecular weight is 301 g/mol. The molecule has 0 aliphatic rings. The average Bonchev–Trinajstić information content (AvgIpc) is 2.41. The number of benzene rings is 1. The first-order valence-electron chi connectivity index (χ1n) is 6.31. The van der Waals surface area contributed by atoms with Crippen LogP contribution in [0, 0.1) is 12.7 Å². The van der Waals surface area contributed by atoms with Gasteiger partial charge in [-0.2, -0.15) is 0 Å². The van der Waals surface area contributed by atoms with Crippen molar-refractivity contribution in [2.45, 2.75) is 31.3 Å². The zero-order valence-corrected chi connectivity index (χ0v) is 12.6. The summed E-state index contributed by atoms with van der Waals surface area (Å²) in [5, 5.41) is 9.09. The molecule has 0 bridgehead atoms. The summed E-state index contributed by atoms with van der Waals surface area (Å²) in [5.41, 5.74) is 0.192. The molecule has 0 radical (unpaired) electrons. The van der Waals surface area contributed by atoms with Gasteiger partial charge in [0.05, 0.1) is 11.5 Å². The van der Waals surface area contributed by atoms with E-state index in [1.807, 2.05) is 0 Å². The molecule has 0 aromatic heterocycles. The molecule has 1 N–H and O–H groups in total. The molecule has 0 saturated heterocycles. The molecule has 0 fully saturated rings. The van der Waals surface area contributed by atoms with Gasteiger partial charge in [-0.15, -0.1) is 6.58 Å². The van der Waals surface area contributed by atoms with Crippen LogP contribution in [0.3, 0.4) is 0 Å². The van der Waals surface area contributed by atoms with E-state index >= 15 is 0 Å². The van der Waals surface area contributed by atoms with Crippen LogP contribution in [0.1, 0.15) is 24.0 Å². The summed E-state index contributed by atoms with van der Waals surface area (Å²) in [5.74, 6) is -0.569. The number of hydrogen-bond donors (Lipinski definition) is 1. The topological polar surface area (TPSA) is 57.6 Å². The molecule has 4 nitrogen and oxygen atoms in total. The van der Waals surface area contributed by atoms with Gasteiger partial charge in [0.1, 0.15) is 5.82 Å². The van der Waals surface area contributed by atoms with E-state index < -0.39 is 22.4 Å². The van der Waals surface area contributed by atoms with Crippen molar-refractivity contribution in [2.75, 3.05) is 13.6 Å². The van der Waals surface area contributed by atoms with Crippen LogP contribution in [0.2, 0.25) is 0 Å². The number of halogens is 1. The van der Waals surface area contributed by atoms with E-state index in [9.17, 15) is 12.8 Å². The smallest absolute Gasteiger partial charge is 0.242 e. The minimum Gasteiger partial charge on any atom is -0.392 e. The van der Waals surface area contributed by atoms with Crippen LogP contribution in [0.5, 0.6) is 0 Å². The van der Waals surface area contributed by atoms with Gasteiger partial charge in [0.2, 0.25) is 10.0 Å². The molecular formula is C14H20FNO3S. The van der Waals surface area contributed by atoms with E-state index in [2.05, 4.69) is 6.58 Å². The van der Waals surface area contributed by atoms with Crippen LogP contribution in [0.15, 0.2) is 29.7 Å².